The van der Waals surface area contributed by atoms with Crippen LogP contribution in [0.1, 0.15) is 0 Å². The Labute approximate surface area is 185 Å². The van der Waals surface area contributed by atoms with E-state index in [0.717, 1.165) is 18.0 Å². The van der Waals surface area contributed by atoms with Crippen LogP contribution in [0.5, 0.6) is 0 Å². The van der Waals surface area contributed by atoms with E-state index in [1.54, 1.807) is 12.1 Å². The summed E-state index contributed by atoms with van der Waals surface area (Å²) in [5.41, 5.74) is 12.1. The number of benzene rings is 2. The van der Waals surface area contributed by atoms with Crippen LogP contribution in [0.15, 0.2) is 66.0 Å². The van der Waals surface area contributed by atoms with E-state index < -0.39 is 17.3 Å². The second-order valence-corrected chi connectivity index (χ2v) is 7.37. The lowest BCUT2D eigenvalue weighted by Crippen LogP contribution is -2.06. The van der Waals surface area contributed by atoms with Crippen LogP contribution in [-0.4, -0.2) is 15.0 Å². The van der Waals surface area contributed by atoms with Crippen molar-refractivity contribution in [3.8, 4) is 11.3 Å². The van der Waals surface area contributed by atoms with Gasteiger partial charge in [-0.05, 0) is 60.5 Å². The SMILES string of the molecule is Nc1ncnc(-c2cccnc2Nc2c(F)ccc(NSc3ccc(F)cc3)c2F)c1N. The zero-order valence-corrected chi connectivity index (χ0v) is 17.1. The number of nitrogens with zero attached hydrogens (tertiary/aromatic N) is 3. The van der Waals surface area contributed by atoms with Gasteiger partial charge in [-0.3, -0.25) is 0 Å². The summed E-state index contributed by atoms with van der Waals surface area (Å²) in [5.74, 6) is -1.88. The van der Waals surface area contributed by atoms with E-state index in [-0.39, 0.29) is 34.5 Å². The summed E-state index contributed by atoms with van der Waals surface area (Å²) in [5, 5.41) is 2.68. The van der Waals surface area contributed by atoms with Crippen molar-refractivity contribution in [1.29, 1.82) is 0 Å². The van der Waals surface area contributed by atoms with Crippen LogP contribution in [0.25, 0.3) is 11.3 Å². The number of anilines is 5. The first kappa shape index (κ1) is 21.2. The summed E-state index contributed by atoms with van der Waals surface area (Å²) in [6, 6.07) is 11.3. The van der Waals surface area contributed by atoms with Crippen molar-refractivity contribution in [3.05, 3.63) is 78.5 Å². The van der Waals surface area contributed by atoms with Gasteiger partial charge >= 0.3 is 0 Å². The van der Waals surface area contributed by atoms with Crippen LogP contribution in [0.4, 0.5) is 41.9 Å². The Morgan fingerprint density at radius 1 is 0.875 bits per heavy atom. The Hall–Kier alpha value is -3.99. The molecular weight excluding hydrogens is 439 g/mol. The fourth-order valence-electron chi connectivity index (χ4n) is 2.80. The van der Waals surface area contributed by atoms with Gasteiger partial charge in [-0.1, -0.05) is 0 Å². The van der Waals surface area contributed by atoms with Crippen LogP contribution >= 0.6 is 11.9 Å². The van der Waals surface area contributed by atoms with Crippen LogP contribution < -0.4 is 21.5 Å². The average Bonchev–Trinajstić information content (AvgIpc) is 2.79. The molecule has 2 aromatic heterocycles. The molecule has 0 unspecified atom stereocenters. The highest BCUT2D eigenvalue weighted by atomic mass is 32.2. The molecule has 0 saturated carbocycles. The molecule has 6 N–H and O–H groups in total. The molecule has 0 aliphatic rings. The van der Waals surface area contributed by atoms with E-state index in [0.29, 0.717) is 10.5 Å². The van der Waals surface area contributed by atoms with E-state index in [9.17, 15) is 8.78 Å². The van der Waals surface area contributed by atoms with Gasteiger partial charge in [0.15, 0.2) is 11.6 Å². The smallest absolute Gasteiger partial charge is 0.173 e. The highest BCUT2D eigenvalue weighted by Gasteiger charge is 2.18. The van der Waals surface area contributed by atoms with Gasteiger partial charge in [-0.25, -0.2) is 28.1 Å². The van der Waals surface area contributed by atoms with Gasteiger partial charge < -0.3 is 21.5 Å². The molecule has 0 atom stereocenters. The predicted molar refractivity (Wildman–Crippen MR) is 120 cm³/mol. The molecule has 0 spiro atoms. The van der Waals surface area contributed by atoms with Gasteiger partial charge in [0, 0.05) is 16.7 Å². The van der Waals surface area contributed by atoms with E-state index in [1.807, 2.05) is 0 Å². The maximum atomic E-state index is 15.1. The van der Waals surface area contributed by atoms with Crippen molar-refractivity contribution in [3.63, 3.8) is 0 Å². The molecule has 0 aliphatic carbocycles. The second kappa shape index (κ2) is 9.02. The monoisotopic (exact) mass is 455 g/mol. The number of nitrogens with two attached hydrogens (primary N) is 2. The molecule has 4 aromatic rings. The Morgan fingerprint density at radius 3 is 2.44 bits per heavy atom. The standard InChI is InChI=1S/C21H16F3N7S/c22-11-3-5-12(6-4-11)32-31-15-8-7-14(23)19(16(15)24)30-21-13(2-1-9-27-21)18-17(25)20(26)29-10-28-18/h1-10,31H,25H2,(H,27,30)(H2,26,28,29). The quantitative estimate of drug-likeness (QED) is 0.301. The largest absolute Gasteiger partial charge is 0.394 e. The van der Waals surface area contributed by atoms with Crippen LogP contribution in [0.2, 0.25) is 0 Å². The average molecular weight is 455 g/mol. The van der Waals surface area contributed by atoms with E-state index in [4.69, 9.17) is 11.5 Å². The minimum absolute atomic E-state index is 0.0199. The van der Waals surface area contributed by atoms with Crippen LogP contribution in [-0.2, 0) is 0 Å². The van der Waals surface area contributed by atoms with Gasteiger partial charge in [0.1, 0.15) is 40.8 Å². The molecule has 0 amide bonds. The summed E-state index contributed by atoms with van der Waals surface area (Å²) in [4.78, 5) is 12.8. The number of nitrogens with one attached hydrogen (secondary N) is 2. The Balaban J connectivity index is 1.65. The fourth-order valence-corrected chi connectivity index (χ4v) is 3.46. The van der Waals surface area contributed by atoms with Gasteiger partial charge in [-0.2, -0.15) is 0 Å². The summed E-state index contributed by atoms with van der Waals surface area (Å²) < 4.78 is 45.5. The highest BCUT2D eigenvalue weighted by Crippen LogP contribution is 2.35. The zero-order chi connectivity index (χ0) is 22.7. The van der Waals surface area contributed by atoms with Gasteiger partial charge in [0.05, 0.1) is 5.69 Å². The van der Waals surface area contributed by atoms with Gasteiger partial charge in [0.25, 0.3) is 0 Å². The number of hydrogen-bond donors (Lipinski definition) is 4. The molecule has 0 bridgehead atoms. The minimum Gasteiger partial charge on any atom is -0.394 e. The maximum absolute atomic E-state index is 15.1. The van der Waals surface area contributed by atoms with Crippen molar-refractivity contribution in [1.82, 2.24) is 15.0 Å². The molecule has 7 nitrogen and oxygen atoms in total. The van der Waals surface area contributed by atoms with E-state index >= 15 is 4.39 Å². The molecule has 11 heteroatoms. The molecule has 0 saturated heterocycles. The number of halogens is 3. The van der Waals surface area contributed by atoms with E-state index in [2.05, 4.69) is 25.0 Å². The third kappa shape index (κ3) is 4.37. The number of nitrogen functional groups attached to an aromatic ring is 2. The van der Waals surface area contributed by atoms with Crippen LogP contribution in [0, 0.1) is 17.5 Å². The number of rotatable bonds is 6. The summed E-state index contributed by atoms with van der Waals surface area (Å²) in [6.07, 6.45) is 2.69. The van der Waals surface area contributed by atoms with Crippen molar-refractivity contribution in [2.24, 2.45) is 0 Å². The molecular formula is C21H16F3N7S. The van der Waals surface area contributed by atoms with Crippen molar-refractivity contribution >= 4 is 40.6 Å². The molecule has 32 heavy (non-hydrogen) atoms. The first-order valence-electron chi connectivity index (χ1n) is 9.19. The summed E-state index contributed by atoms with van der Waals surface area (Å²) in [6.45, 7) is 0. The van der Waals surface area contributed by atoms with Crippen molar-refractivity contribution in [2.75, 3.05) is 21.5 Å². The van der Waals surface area contributed by atoms with Crippen LogP contribution in [0.3, 0.4) is 0 Å². The Kier molecular flexibility index (Phi) is 5.99. The first-order chi connectivity index (χ1) is 15.4. The fraction of sp³-hybridized carbons (Fsp3) is 0. The normalized spacial score (nSPS) is 10.7. The molecule has 4 rings (SSSR count). The number of pyridine rings is 1. The van der Waals surface area contributed by atoms with Crippen molar-refractivity contribution < 1.29 is 13.2 Å². The Bertz CT molecular complexity index is 1270. The molecule has 162 valence electrons. The lowest BCUT2D eigenvalue weighted by Gasteiger charge is -2.15. The molecule has 0 aliphatic heterocycles. The Morgan fingerprint density at radius 2 is 1.66 bits per heavy atom. The second-order valence-electron chi connectivity index (χ2n) is 6.49. The number of hydrogen-bond acceptors (Lipinski definition) is 8. The predicted octanol–water partition coefficient (Wildman–Crippen LogP) is 4.98. The van der Waals surface area contributed by atoms with E-state index in [1.165, 1.54) is 42.9 Å². The third-order valence-corrected chi connectivity index (χ3v) is 5.23. The van der Waals surface area contributed by atoms with Crippen molar-refractivity contribution in [2.45, 2.75) is 4.90 Å². The molecule has 0 fully saturated rings. The molecule has 2 aromatic carbocycles. The highest BCUT2D eigenvalue weighted by molar-refractivity contribution is 8.00. The van der Waals surface area contributed by atoms with Gasteiger partial charge in [-0.15, -0.1) is 0 Å². The first-order valence-corrected chi connectivity index (χ1v) is 10.0. The lowest BCUT2D eigenvalue weighted by molar-refractivity contribution is 0.593. The lowest BCUT2D eigenvalue weighted by atomic mass is 10.1. The summed E-state index contributed by atoms with van der Waals surface area (Å²) >= 11 is 1.05. The van der Waals surface area contributed by atoms with Gasteiger partial charge in [0.2, 0.25) is 0 Å². The molecule has 2 heterocycles. The summed E-state index contributed by atoms with van der Waals surface area (Å²) in [7, 11) is 0. The topological polar surface area (TPSA) is 115 Å². The zero-order valence-electron chi connectivity index (χ0n) is 16.3. The third-order valence-electron chi connectivity index (χ3n) is 4.40. The maximum Gasteiger partial charge on any atom is 0.173 e. The molecule has 0 radical (unpaired) electrons. The number of aromatic nitrogens is 3. The minimum atomic E-state index is -0.869.